The highest BCUT2D eigenvalue weighted by atomic mass is 16.5. The first-order chi connectivity index (χ1) is 15.4. The van der Waals surface area contributed by atoms with Crippen LogP contribution in [0.1, 0.15) is 47.6 Å². The van der Waals surface area contributed by atoms with Crippen LogP contribution in [-0.4, -0.2) is 44.6 Å². The fourth-order valence-electron chi connectivity index (χ4n) is 3.97. The summed E-state index contributed by atoms with van der Waals surface area (Å²) in [7, 11) is 1.81. The second kappa shape index (κ2) is 9.21. The Bertz CT molecular complexity index is 1120. The topological polar surface area (TPSA) is 89.4 Å². The molecule has 1 saturated heterocycles. The van der Waals surface area contributed by atoms with E-state index in [0.29, 0.717) is 23.7 Å². The lowest BCUT2D eigenvalue weighted by Crippen LogP contribution is -2.39. The SMILES string of the molecule is CC(=O)Nc1ccc(Oc2cc(C)nc(C3CCCN(C(=O)c4ccn(C)n4)C3)c2)cc1. The smallest absolute Gasteiger partial charge is 0.274 e. The number of aromatic nitrogens is 3. The minimum absolute atomic E-state index is 0.0429. The van der Waals surface area contributed by atoms with Crippen molar-refractivity contribution in [2.24, 2.45) is 7.05 Å². The number of amides is 2. The first kappa shape index (κ1) is 21.5. The molecule has 4 rings (SSSR count). The van der Waals surface area contributed by atoms with Gasteiger partial charge >= 0.3 is 0 Å². The number of anilines is 1. The predicted octanol–water partition coefficient (Wildman–Crippen LogP) is 3.89. The molecule has 1 aliphatic heterocycles. The van der Waals surface area contributed by atoms with Gasteiger partial charge in [-0.15, -0.1) is 0 Å². The summed E-state index contributed by atoms with van der Waals surface area (Å²) in [5, 5.41) is 6.99. The Balaban J connectivity index is 1.48. The first-order valence-electron chi connectivity index (χ1n) is 10.7. The molecule has 32 heavy (non-hydrogen) atoms. The standard InChI is InChI=1S/C24H27N5O3/c1-16-13-21(32-20-8-6-19(7-9-20)26-17(2)30)14-23(25-16)18-5-4-11-29(15-18)24(31)22-10-12-28(3)27-22/h6-10,12-14,18H,4-5,11,15H2,1-3H3,(H,26,30). The van der Waals surface area contributed by atoms with Gasteiger partial charge in [0.05, 0.1) is 0 Å². The number of piperidine rings is 1. The maximum Gasteiger partial charge on any atom is 0.274 e. The van der Waals surface area contributed by atoms with Gasteiger partial charge in [0.2, 0.25) is 5.91 Å². The number of pyridine rings is 1. The molecule has 2 aromatic heterocycles. The van der Waals surface area contributed by atoms with Crippen molar-refractivity contribution < 1.29 is 14.3 Å². The number of hydrogen-bond acceptors (Lipinski definition) is 5. The highest BCUT2D eigenvalue weighted by Gasteiger charge is 2.27. The van der Waals surface area contributed by atoms with E-state index in [2.05, 4.69) is 10.4 Å². The molecule has 3 heterocycles. The maximum atomic E-state index is 12.8. The van der Waals surface area contributed by atoms with Crippen LogP contribution in [0.25, 0.3) is 0 Å². The van der Waals surface area contributed by atoms with Crippen LogP contribution in [0.15, 0.2) is 48.7 Å². The number of likely N-dealkylation sites (tertiary alicyclic amines) is 1. The minimum Gasteiger partial charge on any atom is -0.457 e. The minimum atomic E-state index is -0.115. The van der Waals surface area contributed by atoms with Crippen molar-refractivity contribution in [3.63, 3.8) is 0 Å². The Morgan fingerprint density at radius 3 is 2.59 bits per heavy atom. The summed E-state index contributed by atoms with van der Waals surface area (Å²) in [5.74, 6) is 1.36. The highest BCUT2D eigenvalue weighted by molar-refractivity contribution is 5.92. The highest BCUT2D eigenvalue weighted by Crippen LogP contribution is 2.31. The molecule has 0 radical (unpaired) electrons. The van der Waals surface area contributed by atoms with E-state index in [1.54, 1.807) is 36.1 Å². The van der Waals surface area contributed by atoms with Crippen molar-refractivity contribution in [2.75, 3.05) is 18.4 Å². The summed E-state index contributed by atoms with van der Waals surface area (Å²) >= 11 is 0. The second-order valence-corrected chi connectivity index (χ2v) is 8.14. The third-order valence-corrected chi connectivity index (χ3v) is 5.42. The molecule has 0 aliphatic carbocycles. The third kappa shape index (κ3) is 5.14. The molecule has 8 heteroatoms. The first-order valence-corrected chi connectivity index (χ1v) is 10.7. The number of hydrogen-bond donors (Lipinski definition) is 1. The Morgan fingerprint density at radius 2 is 1.91 bits per heavy atom. The van der Waals surface area contributed by atoms with Crippen LogP contribution in [0.3, 0.4) is 0 Å². The van der Waals surface area contributed by atoms with E-state index in [9.17, 15) is 9.59 Å². The van der Waals surface area contributed by atoms with E-state index < -0.39 is 0 Å². The summed E-state index contributed by atoms with van der Waals surface area (Å²) < 4.78 is 7.69. The van der Waals surface area contributed by atoms with Gasteiger partial charge in [0.1, 0.15) is 17.2 Å². The largest absolute Gasteiger partial charge is 0.457 e. The molecule has 1 atom stereocenters. The Hall–Kier alpha value is -3.68. The van der Waals surface area contributed by atoms with E-state index in [-0.39, 0.29) is 17.7 Å². The van der Waals surface area contributed by atoms with Crippen LogP contribution in [0.5, 0.6) is 11.5 Å². The van der Waals surface area contributed by atoms with Gasteiger partial charge in [-0.2, -0.15) is 5.10 Å². The molecule has 1 aromatic carbocycles. The van der Waals surface area contributed by atoms with Gasteiger partial charge in [-0.05, 0) is 50.1 Å². The molecule has 0 saturated carbocycles. The molecule has 0 bridgehead atoms. The molecule has 1 aliphatic rings. The third-order valence-electron chi connectivity index (χ3n) is 5.42. The number of carbonyl (C=O) groups is 2. The average molecular weight is 434 g/mol. The summed E-state index contributed by atoms with van der Waals surface area (Å²) in [6.07, 6.45) is 3.66. The van der Waals surface area contributed by atoms with E-state index in [1.165, 1.54) is 6.92 Å². The second-order valence-electron chi connectivity index (χ2n) is 8.14. The molecule has 3 aromatic rings. The summed E-state index contributed by atoms with van der Waals surface area (Å²) in [6, 6.07) is 12.8. The normalized spacial score (nSPS) is 16.0. The van der Waals surface area contributed by atoms with Gasteiger partial charge in [-0.1, -0.05) is 0 Å². The molecule has 166 valence electrons. The molecular formula is C24H27N5O3. The van der Waals surface area contributed by atoms with Gasteiger partial charge in [0, 0.05) is 68.4 Å². The monoisotopic (exact) mass is 433 g/mol. The molecule has 2 amide bonds. The molecule has 0 spiro atoms. The zero-order valence-electron chi connectivity index (χ0n) is 18.5. The van der Waals surface area contributed by atoms with Crippen molar-refractivity contribution in [1.29, 1.82) is 0 Å². The lowest BCUT2D eigenvalue weighted by Gasteiger charge is -2.32. The number of rotatable bonds is 5. The number of nitrogens with one attached hydrogen (secondary N) is 1. The van der Waals surface area contributed by atoms with Crippen LogP contribution in [0.2, 0.25) is 0 Å². The number of ether oxygens (including phenoxy) is 1. The lowest BCUT2D eigenvalue weighted by atomic mass is 9.93. The van der Waals surface area contributed by atoms with Crippen molar-refractivity contribution in [3.8, 4) is 11.5 Å². The summed E-state index contributed by atoms with van der Waals surface area (Å²) in [4.78, 5) is 30.6. The Labute approximate surface area is 187 Å². The van der Waals surface area contributed by atoms with Crippen molar-refractivity contribution >= 4 is 17.5 Å². The van der Waals surface area contributed by atoms with Gasteiger partial charge in [-0.3, -0.25) is 19.3 Å². The van der Waals surface area contributed by atoms with E-state index in [1.807, 2.05) is 36.1 Å². The Morgan fingerprint density at radius 1 is 1.12 bits per heavy atom. The molecule has 1 N–H and O–H groups in total. The fraction of sp³-hybridized carbons (Fsp3) is 0.333. The van der Waals surface area contributed by atoms with Crippen LogP contribution < -0.4 is 10.1 Å². The van der Waals surface area contributed by atoms with E-state index in [0.717, 1.165) is 36.5 Å². The molecule has 8 nitrogen and oxygen atoms in total. The van der Waals surface area contributed by atoms with Crippen molar-refractivity contribution in [1.82, 2.24) is 19.7 Å². The van der Waals surface area contributed by atoms with Gasteiger partial charge in [0.15, 0.2) is 0 Å². The van der Waals surface area contributed by atoms with Crippen LogP contribution in [-0.2, 0) is 11.8 Å². The average Bonchev–Trinajstić information content (AvgIpc) is 3.20. The Kier molecular flexibility index (Phi) is 6.20. The molecule has 1 fully saturated rings. The number of aryl methyl sites for hydroxylation is 2. The van der Waals surface area contributed by atoms with E-state index >= 15 is 0 Å². The predicted molar refractivity (Wildman–Crippen MR) is 121 cm³/mol. The van der Waals surface area contributed by atoms with Gasteiger partial charge in [-0.25, -0.2) is 0 Å². The zero-order valence-corrected chi connectivity index (χ0v) is 18.5. The van der Waals surface area contributed by atoms with Gasteiger partial charge in [0.25, 0.3) is 5.91 Å². The number of nitrogens with zero attached hydrogens (tertiary/aromatic N) is 4. The number of carbonyl (C=O) groups excluding carboxylic acids is 2. The quantitative estimate of drug-likeness (QED) is 0.659. The molecular weight excluding hydrogens is 406 g/mol. The lowest BCUT2D eigenvalue weighted by molar-refractivity contribution is -0.114. The van der Waals surface area contributed by atoms with Crippen molar-refractivity contribution in [3.05, 3.63) is 65.7 Å². The fourth-order valence-corrected chi connectivity index (χ4v) is 3.97. The van der Waals surface area contributed by atoms with Crippen LogP contribution >= 0.6 is 0 Å². The molecule has 1 unspecified atom stereocenters. The zero-order chi connectivity index (χ0) is 22.7. The van der Waals surface area contributed by atoms with Crippen LogP contribution in [0.4, 0.5) is 5.69 Å². The maximum absolute atomic E-state index is 12.8. The number of benzene rings is 1. The summed E-state index contributed by atoms with van der Waals surface area (Å²) in [6.45, 7) is 4.75. The van der Waals surface area contributed by atoms with Crippen LogP contribution in [0, 0.1) is 6.92 Å². The van der Waals surface area contributed by atoms with Gasteiger partial charge < -0.3 is 15.0 Å². The van der Waals surface area contributed by atoms with Crippen molar-refractivity contribution in [2.45, 2.75) is 32.6 Å². The summed E-state index contributed by atoms with van der Waals surface area (Å²) in [5.41, 5.74) is 2.97. The van der Waals surface area contributed by atoms with E-state index in [4.69, 9.17) is 9.72 Å².